The maximum absolute atomic E-state index is 4.44. The van der Waals surface area contributed by atoms with Gasteiger partial charge >= 0.3 is 21.1 Å². The van der Waals surface area contributed by atoms with Crippen LogP contribution in [0.2, 0.25) is 0 Å². The van der Waals surface area contributed by atoms with E-state index in [-0.39, 0.29) is 21.1 Å². The van der Waals surface area contributed by atoms with Gasteiger partial charge in [0.15, 0.2) is 0 Å². The van der Waals surface area contributed by atoms with E-state index in [2.05, 4.69) is 61.4 Å². The molecule has 4 heterocycles. The van der Waals surface area contributed by atoms with E-state index in [1.54, 1.807) is 11.3 Å². The molecule has 0 saturated carbocycles. The quantitative estimate of drug-likeness (QED) is 0.195. The zero-order valence-electron chi connectivity index (χ0n) is 17.9. The number of aromatic nitrogens is 4. The summed E-state index contributed by atoms with van der Waals surface area (Å²) in [5, 5.41) is 1.17. The van der Waals surface area contributed by atoms with Crippen LogP contribution in [0, 0.1) is 12.1 Å². The molecule has 7 aromatic rings. The molecule has 0 amide bonds. The number of para-hydroxylation sites is 3. The van der Waals surface area contributed by atoms with Crippen molar-refractivity contribution in [1.82, 2.24) is 18.9 Å². The summed E-state index contributed by atoms with van der Waals surface area (Å²) in [5.41, 5.74) is 4.30. The first-order valence-electron chi connectivity index (χ1n) is 10.6. The van der Waals surface area contributed by atoms with Crippen molar-refractivity contribution in [1.29, 1.82) is 0 Å². The van der Waals surface area contributed by atoms with Gasteiger partial charge in [-0.2, -0.15) is 24.3 Å². The standard InChI is InChI=1S/C15H10N3.C13H8NS.Pt/c1-2-6-12(7-3-1)18-14-9-5-4-8-13(14)17-11-10-16-15(17)18;1-2-7-12-10(5-1)9-13(15-12)11-6-3-4-8-14-11;/h1-6,8-11H;1-8H;/q2*-1;+2. The van der Waals surface area contributed by atoms with E-state index < -0.39 is 0 Å². The van der Waals surface area contributed by atoms with E-state index in [4.69, 9.17) is 0 Å². The summed E-state index contributed by atoms with van der Waals surface area (Å²) in [6, 6.07) is 37.1. The number of rotatable bonds is 2. The number of hydrogen-bond acceptors (Lipinski definition) is 3. The molecule has 166 valence electrons. The number of imidazole rings is 2. The van der Waals surface area contributed by atoms with Gasteiger partial charge in [-0.05, 0) is 27.8 Å². The van der Waals surface area contributed by atoms with Gasteiger partial charge in [0.25, 0.3) is 0 Å². The van der Waals surface area contributed by atoms with Crippen LogP contribution in [0.5, 0.6) is 0 Å². The molecule has 6 heteroatoms. The molecule has 0 bridgehead atoms. The van der Waals surface area contributed by atoms with E-state index in [0.717, 1.165) is 33.1 Å². The molecule has 0 N–H and O–H groups in total. The largest absolute Gasteiger partial charge is 2.00 e. The molecular weight excluding hydrogens is 619 g/mol. The fourth-order valence-electron chi connectivity index (χ4n) is 3.90. The number of benzene rings is 3. The molecule has 0 aliphatic carbocycles. The summed E-state index contributed by atoms with van der Waals surface area (Å²) in [6.07, 6.45) is 5.62. The van der Waals surface area contributed by atoms with Gasteiger partial charge in [0.1, 0.15) is 0 Å². The van der Waals surface area contributed by atoms with Crippen molar-refractivity contribution in [2.24, 2.45) is 0 Å². The Hall–Kier alpha value is -3.53. The Labute approximate surface area is 215 Å². The average Bonchev–Trinajstić information content (AvgIpc) is 3.60. The first kappa shape index (κ1) is 22.3. The Kier molecular flexibility index (Phi) is 6.39. The SMILES string of the molecule is [Pt+2].[c-]1c(-c2ccccn2)sc2ccccc12.[c-]1ccccc1-n1c2ccccc2n2ccnc12. The Morgan fingerprint density at radius 3 is 2.32 bits per heavy atom. The summed E-state index contributed by atoms with van der Waals surface area (Å²) >= 11 is 1.73. The Bertz CT molecular complexity index is 1630. The molecular formula is C28H18N4PtS. The van der Waals surface area contributed by atoms with Gasteiger partial charge in [-0.3, -0.25) is 4.40 Å². The van der Waals surface area contributed by atoms with E-state index in [0.29, 0.717) is 0 Å². The van der Waals surface area contributed by atoms with Crippen LogP contribution < -0.4 is 0 Å². The average molecular weight is 638 g/mol. The van der Waals surface area contributed by atoms with Gasteiger partial charge in [-0.1, -0.05) is 42.1 Å². The Morgan fingerprint density at radius 2 is 1.53 bits per heavy atom. The Balaban J connectivity index is 0.000000140. The van der Waals surface area contributed by atoms with Gasteiger partial charge in [0.05, 0.1) is 11.0 Å². The minimum absolute atomic E-state index is 0. The molecule has 7 rings (SSSR count). The molecule has 0 atom stereocenters. The second-order valence-electron chi connectivity index (χ2n) is 7.44. The third-order valence-electron chi connectivity index (χ3n) is 5.38. The van der Waals surface area contributed by atoms with Gasteiger partial charge in [-0.25, -0.2) is 16.3 Å². The molecule has 0 fully saturated rings. The predicted octanol–water partition coefficient (Wildman–Crippen LogP) is 6.84. The minimum Gasteiger partial charge on any atom is -0.303 e. The molecule has 0 unspecified atom stereocenters. The van der Waals surface area contributed by atoms with Crippen LogP contribution in [-0.2, 0) is 21.1 Å². The predicted molar refractivity (Wildman–Crippen MR) is 135 cm³/mol. The van der Waals surface area contributed by atoms with Crippen LogP contribution in [0.15, 0.2) is 110 Å². The normalized spacial score (nSPS) is 10.7. The third-order valence-corrected chi connectivity index (χ3v) is 6.47. The van der Waals surface area contributed by atoms with E-state index in [1.165, 1.54) is 10.1 Å². The number of thiophene rings is 1. The monoisotopic (exact) mass is 637 g/mol. The van der Waals surface area contributed by atoms with Crippen LogP contribution in [0.3, 0.4) is 0 Å². The molecule has 4 nitrogen and oxygen atoms in total. The van der Waals surface area contributed by atoms with Gasteiger partial charge in [-0.15, -0.1) is 29.7 Å². The van der Waals surface area contributed by atoms with Crippen molar-refractivity contribution in [2.45, 2.75) is 0 Å². The molecule has 0 aliphatic heterocycles. The number of nitrogens with zero attached hydrogens (tertiary/aromatic N) is 4. The molecule has 3 aromatic carbocycles. The van der Waals surface area contributed by atoms with Crippen molar-refractivity contribution in [3.05, 3.63) is 122 Å². The zero-order chi connectivity index (χ0) is 22.0. The molecule has 0 spiro atoms. The van der Waals surface area contributed by atoms with Crippen LogP contribution in [0.25, 0.3) is 43.2 Å². The molecule has 0 radical (unpaired) electrons. The second kappa shape index (κ2) is 9.76. The first-order valence-corrected chi connectivity index (χ1v) is 11.4. The van der Waals surface area contributed by atoms with Crippen LogP contribution in [0.4, 0.5) is 0 Å². The second-order valence-corrected chi connectivity index (χ2v) is 8.49. The molecule has 0 saturated heterocycles. The van der Waals surface area contributed by atoms with E-state index >= 15 is 0 Å². The summed E-state index contributed by atoms with van der Waals surface area (Å²) in [7, 11) is 0. The van der Waals surface area contributed by atoms with Gasteiger partial charge in [0.2, 0.25) is 5.78 Å². The fourth-order valence-corrected chi connectivity index (χ4v) is 4.89. The minimum atomic E-state index is 0. The third kappa shape index (κ3) is 4.09. The Morgan fingerprint density at radius 1 is 0.735 bits per heavy atom. The fraction of sp³-hybridized carbons (Fsp3) is 0. The first-order chi connectivity index (χ1) is 16.4. The van der Waals surface area contributed by atoms with Crippen LogP contribution in [0.1, 0.15) is 0 Å². The number of hydrogen-bond donors (Lipinski definition) is 0. The van der Waals surface area contributed by atoms with Crippen LogP contribution >= 0.6 is 11.3 Å². The van der Waals surface area contributed by atoms with E-state index in [1.807, 2.05) is 79.3 Å². The molecule has 0 aliphatic rings. The topological polar surface area (TPSA) is 35.1 Å². The van der Waals surface area contributed by atoms with Crippen molar-refractivity contribution in [3.63, 3.8) is 0 Å². The maximum atomic E-state index is 4.44. The zero-order valence-corrected chi connectivity index (χ0v) is 21.0. The maximum Gasteiger partial charge on any atom is 2.00 e. The smallest absolute Gasteiger partial charge is 0.303 e. The molecule has 4 aromatic heterocycles. The van der Waals surface area contributed by atoms with Crippen molar-refractivity contribution in [2.75, 3.05) is 0 Å². The number of fused-ring (bicyclic) bond motifs is 4. The van der Waals surface area contributed by atoms with Crippen molar-refractivity contribution in [3.8, 4) is 16.3 Å². The number of pyridine rings is 1. The van der Waals surface area contributed by atoms with Crippen molar-refractivity contribution >= 4 is 38.2 Å². The summed E-state index contributed by atoms with van der Waals surface area (Å²) in [4.78, 5) is 9.87. The van der Waals surface area contributed by atoms with Gasteiger partial charge in [0, 0.05) is 24.3 Å². The van der Waals surface area contributed by atoms with Crippen molar-refractivity contribution < 1.29 is 21.1 Å². The summed E-state index contributed by atoms with van der Waals surface area (Å²) in [6.45, 7) is 0. The van der Waals surface area contributed by atoms with Crippen LogP contribution in [-0.4, -0.2) is 18.9 Å². The summed E-state index contributed by atoms with van der Waals surface area (Å²) < 4.78 is 5.48. The summed E-state index contributed by atoms with van der Waals surface area (Å²) in [5.74, 6) is 0.915. The van der Waals surface area contributed by atoms with E-state index in [9.17, 15) is 0 Å². The molecule has 34 heavy (non-hydrogen) atoms. The van der Waals surface area contributed by atoms with Gasteiger partial charge < -0.3 is 9.55 Å².